The van der Waals surface area contributed by atoms with E-state index in [1.165, 1.54) is 24.0 Å². The zero-order chi connectivity index (χ0) is 10.3. The Labute approximate surface area is 89.9 Å². The molecule has 1 aromatic rings. The lowest BCUT2D eigenvalue weighted by Gasteiger charge is -2.33. The second-order valence-electron chi connectivity index (χ2n) is 4.60. The van der Waals surface area contributed by atoms with Crippen LogP contribution in [0.1, 0.15) is 37.3 Å². The summed E-state index contributed by atoms with van der Waals surface area (Å²) in [5, 5.41) is 4.13. The highest BCUT2D eigenvalue weighted by Crippen LogP contribution is 2.44. The van der Waals surface area contributed by atoms with Gasteiger partial charge < -0.3 is 4.84 Å². The minimum absolute atomic E-state index is 0.126. The minimum Gasteiger partial charge on any atom is -0.384 e. The highest BCUT2D eigenvalue weighted by molar-refractivity contribution is 5.84. The number of oxime groups is 1. The molecular weight excluding hydrogens is 186 g/mol. The van der Waals surface area contributed by atoms with Crippen molar-refractivity contribution in [3.8, 4) is 0 Å². The van der Waals surface area contributed by atoms with E-state index in [9.17, 15) is 0 Å². The fourth-order valence-corrected chi connectivity index (χ4v) is 2.80. The van der Waals surface area contributed by atoms with Crippen LogP contribution in [0.15, 0.2) is 29.4 Å². The van der Waals surface area contributed by atoms with Gasteiger partial charge >= 0.3 is 0 Å². The molecule has 1 aliphatic carbocycles. The highest BCUT2D eigenvalue weighted by Gasteiger charge is 2.42. The van der Waals surface area contributed by atoms with Gasteiger partial charge in [0.05, 0.1) is 5.71 Å². The average Bonchev–Trinajstić information content (AvgIpc) is 2.62. The molecule has 2 nitrogen and oxygen atoms in total. The van der Waals surface area contributed by atoms with Crippen molar-refractivity contribution in [2.45, 2.75) is 38.2 Å². The zero-order valence-corrected chi connectivity index (χ0v) is 8.99. The van der Waals surface area contributed by atoms with Crippen LogP contribution in [0, 0.1) is 0 Å². The number of fused-ring (bicyclic) bond motifs is 2. The molecule has 2 heteroatoms. The van der Waals surface area contributed by atoms with Crippen LogP contribution in [-0.2, 0) is 16.9 Å². The summed E-state index contributed by atoms with van der Waals surface area (Å²) in [5.74, 6) is 0. The van der Waals surface area contributed by atoms with Crippen molar-refractivity contribution in [1.82, 2.24) is 0 Å². The van der Waals surface area contributed by atoms with Crippen LogP contribution in [0.25, 0.3) is 0 Å². The molecule has 0 unspecified atom stereocenters. The summed E-state index contributed by atoms with van der Waals surface area (Å²) in [6, 6.07) is 8.62. The molecule has 0 fully saturated rings. The first-order chi connectivity index (χ1) is 7.30. The lowest BCUT2D eigenvalue weighted by Crippen LogP contribution is -2.30. The van der Waals surface area contributed by atoms with Gasteiger partial charge in [0.15, 0.2) is 5.60 Å². The highest BCUT2D eigenvalue weighted by atomic mass is 16.7. The Morgan fingerprint density at radius 3 is 3.00 bits per heavy atom. The monoisotopic (exact) mass is 201 g/mol. The van der Waals surface area contributed by atoms with Gasteiger partial charge in [0.1, 0.15) is 0 Å². The van der Waals surface area contributed by atoms with E-state index in [2.05, 4.69) is 29.4 Å². The summed E-state index contributed by atoms with van der Waals surface area (Å²) in [7, 11) is 0. The quantitative estimate of drug-likeness (QED) is 0.632. The Bertz CT molecular complexity index is 424. The van der Waals surface area contributed by atoms with E-state index in [0.717, 1.165) is 18.6 Å². The van der Waals surface area contributed by atoms with Crippen LogP contribution < -0.4 is 0 Å². The van der Waals surface area contributed by atoms with E-state index in [-0.39, 0.29) is 5.60 Å². The number of aryl methyl sites for hydroxylation is 1. The average molecular weight is 201 g/mol. The molecule has 1 heterocycles. The summed E-state index contributed by atoms with van der Waals surface area (Å²) in [6.45, 7) is 2.05. The number of hydrogen-bond donors (Lipinski definition) is 0. The Balaban J connectivity index is 2.07. The topological polar surface area (TPSA) is 21.6 Å². The van der Waals surface area contributed by atoms with Crippen LogP contribution in [-0.4, -0.2) is 5.71 Å². The molecule has 0 bridgehead atoms. The van der Waals surface area contributed by atoms with E-state index in [1.807, 2.05) is 6.92 Å². The van der Waals surface area contributed by atoms with Gasteiger partial charge in [-0.15, -0.1) is 0 Å². The molecule has 1 spiro atoms. The maximum Gasteiger partial charge on any atom is 0.168 e. The predicted octanol–water partition coefficient (Wildman–Crippen LogP) is 3.01. The summed E-state index contributed by atoms with van der Waals surface area (Å²) in [6.07, 6.45) is 4.45. The van der Waals surface area contributed by atoms with Crippen molar-refractivity contribution in [2.24, 2.45) is 5.16 Å². The first kappa shape index (κ1) is 8.96. The van der Waals surface area contributed by atoms with Crippen molar-refractivity contribution in [3.05, 3.63) is 35.4 Å². The summed E-state index contributed by atoms with van der Waals surface area (Å²) in [4.78, 5) is 5.71. The van der Waals surface area contributed by atoms with Gasteiger partial charge in [0, 0.05) is 12.0 Å². The minimum atomic E-state index is -0.126. The lowest BCUT2D eigenvalue weighted by atomic mass is 9.77. The molecule has 15 heavy (non-hydrogen) atoms. The Morgan fingerprint density at radius 2 is 2.20 bits per heavy atom. The van der Waals surface area contributed by atoms with Crippen LogP contribution >= 0.6 is 0 Å². The molecule has 0 saturated carbocycles. The standard InChI is InChI=1S/C13H15NO/c1-10-9-13(15-14-10)8-4-6-11-5-2-3-7-12(11)13/h2-3,5,7H,4,6,8-9H2,1H3/t13-/m1/s1. The smallest absolute Gasteiger partial charge is 0.168 e. The van der Waals surface area contributed by atoms with Crippen LogP contribution in [0.4, 0.5) is 0 Å². The molecule has 0 amide bonds. The summed E-state index contributed by atoms with van der Waals surface area (Å²) >= 11 is 0. The Hall–Kier alpha value is -1.31. The second-order valence-corrected chi connectivity index (χ2v) is 4.60. The van der Waals surface area contributed by atoms with E-state index in [0.29, 0.717) is 0 Å². The number of benzene rings is 1. The number of hydrogen-bond acceptors (Lipinski definition) is 2. The molecule has 1 aromatic carbocycles. The van der Waals surface area contributed by atoms with Crippen molar-refractivity contribution < 1.29 is 4.84 Å². The molecule has 78 valence electrons. The lowest BCUT2D eigenvalue weighted by molar-refractivity contribution is -0.0362. The first-order valence-electron chi connectivity index (χ1n) is 5.60. The normalized spacial score (nSPS) is 28.5. The third-order valence-corrected chi connectivity index (χ3v) is 3.45. The molecule has 0 radical (unpaired) electrons. The molecule has 0 aromatic heterocycles. The molecule has 2 aliphatic rings. The van der Waals surface area contributed by atoms with Gasteiger partial charge in [-0.1, -0.05) is 29.4 Å². The van der Waals surface area contributed by atoms with Crippen molar-refractivity contribution in [3.63, 3.8) is 0 Å². The van der Waals surface area contributed by atoms with Gasteiger partial charge in [-0.3, -0.25) is 0 Å². The largest absolute Gasteiger partial charge is 0.384 e. The molecule has 0 saturated heterocycles. The van der Waals surface area contributed by atoms with E-state index < -0.39 is 0 Å². The van der Waals surface area contributed by atoms with Crippen molar-refractivity contribution in [1.29, 1.82) is 0 Å². The third-order valence-electron chi connectivity index (χ3n) is 3.45. The Kier molecular flexibility index (Phi) is 1.84. The molecular formula is C13H15NO. The van der Waals surface area contributed by atoms with Gasteiger partial charge in [0.25, 0.3) is 0 Å². The van der Waals surface area contributed by atoms with Gasteiger partial charge in [0.2, 0.25) is 0 Å². The number of nitrogens with zero attached hydrogens (tertiary/aromatic N) is 1. The summed E-state index contributed by atoms with van der Waals surface area (Å²) in [5.41, 5.74) is 3.79. The van der Waals surface area contributed by atoms with Crippen LogP contribution in [0.3, 0.4) is 0 Å². The molecule has 3 rings (SSSR count). The van der Waals surface area contributed by atoms with Crippen LogP contribution in [0.5, 0.6) is 0 Å². The second kappa shape index (κ2) is 3.09. The van der Waals surface area contributed by atoms with E-state index in [1.54, 1.807) is 0 Å². The molecule has 0 N–H and O–H groups in total. The Morgan fingerprint density at radius 1 is 1.33 bits per heavy atom. The fourth-order valence-electron chi connectivity index (χ4n) is 2.80. The molecule has 1 aliphatic heterocycles. The maximum atomic E-state index is 5.71. The number of rotatable bonds is 0. The molecule has 1 atom stereocenters. The fraction of sp³-hybridized carbons (Fsp3) is 0.462. The third kappa shape index (κ3) is 1.28. The summed E-state index contributed by atoms with van der Waals surface area (Å²) < 4.78 is 0. The SMILES string of the molecule is CC1=NO[C@]2(CCCc3ccccc32)C1. The van der Waals surface area contributed by atoms with Gasteiger partial charge in [-0.2, -0.15) is 0 Å². The zero-order valence-electron chi connectivity index (χ0n) is 8.99. The van der Waals surface area contributed by atoms with E-state index >= 15 is 0 Å². The van der Waals surface area contributed by atoms with Gasteiger partial charge in [-0.25, -0.2) is 0 Å². The van der Waals surface area contributed by atoms with Crippen molar-refractivity contribution >= 4 is 5.71 Å². The first-order valence-corrected chi connectivity index (χ1v) is 5.60. The van der Waals surface area contributed by atoms with Crippen LogP contribution in [0.2, 0.25) is 0 Å². The van der Waals surface area contributed by atoms with Gasteiger partial charge in [-0.05, 0) is 31.7 Å². The maximum absolute atomic E-state index is 5.71. The van der Waals surface area contributed by atoms with Crippen molar-refractivity contribution in [2.75, 3.05) is 0 Å². The predicted molar refractivity (Wildman–Crippen MR) is 59.9 cm³/mol. The van der Waals surface area contributed by atoms with E-state index in [4.69, 9.17) is 4.84 Å².